The molecule has 0 amide bonds. The Morgan fingerprint density at radius 1 is 1.43 bits per heavy atom. The van der Waals surface area contributed by atoms with Crippen LogP contribution >= 0.6 is 12.4 Å². The predicted molar refractivity (Wildman–Crippen MR) is 62.2 cm³/mol. The molecule has 80 valence electrons. The van der Waals surface area contributed by atoms with Crippen molar-refractivity contribution in [3.8, 4) is 5.75 Å². The maximum Gasteiger partial charge on any atom is 0.121 e. The molecule has 2 nitrogen and oxygen atoms in total. The number of ether oxygens (including phenoxy) is 1. The zero-order valence-corrected chi connectivity index (χ0v) is 9.73. The Bertz CT molecular complexity index is 289. The van der Waals surface area contributed by atoms with Crippen molar-refractivity contribution in [2.75, 3.05) is 7.11 Å². The van der Waals surface area contributed by atoms with Crippen LogP contribution in [0.3, 0.4) is 0 Å². The molecule has 1 rings (SSSR count). The summed E-state index contributed by atoms with van der Waals surface area (Å²) in [5.41, 5.74) is 8.24. The molecule has 2 N–H and O–H groups in total. The van der Waals surface area contributed by atoms with E-state index in [4.69, 9.17) is 10.5 Å². The van der Waals surface area contributed by atoms with Crippen LogP contribution in [-0.2, 0) is 0 Å². The highest BCUT2D eigenvalue weighted by molar-refractivity contribution is 5.85. The van der Waals surface area contributed by atoms with Gasteiger partial charge in [0.1, 0.15) is 5.75 Å². The summed E-state index contributed by atoms with van der Waals surface area (Å²) in [6, 6.07) is 6.23. The second-order valence-electron chi connectivity index (χ2n) is 3.24. The predicted octanol–water partition coefficient (Wildman–Crippen LogP) is 2.84. The van der Waals surface area contributed by atoms with Gasteiger partial charge in [0.2, 0.25) is 0 Å². The van der Waals surface area contributed by atoms with E-state index in [-0.39, 0.29) is 18.4 Å². The van der Waals surface area contributed by atoms with Crippen molar-refractivity contribution < 1.29 is 4.74 Å². The minimum absolute atomic E-state index is 0. The average molecular weight is 216 g/mol. The van der Waals surface area contributed by atoms with Gasteiger partial charge in [0.25, 0.3) is 0 Å². The molecule has 0 aromatic heterocycles. The highest BCUT2D eigenvalue weighted by Crippen LogP contribution is 2.22. The lowest BCUT2D eigenvalue weighted by Crippen LogP contribution is -2.08. The Kier molecular flexibility index (Phi) is 5.58. The van der Waals surface area contributed by atoms with Gasteiger partial charge in [-0.2, -0.15) is 0 Å². The van der Waals surface area contributed by atoms with E-state index in [0.717, 1.165) is 17.7 Å². The van der Waals surface area contributed by atoms with Gasteiger partial charge in [0.05, 0.1) is 7.11 Å². The van der Waals surface area contributed by atoms with Gasteiger partial charge in [0, 0.05) is 6.04 Å². The molecule has 0 saturated heterocycles. The minimum atomic E-state index is 0. The van der Waals surface area contributed by atoms with Crippen LogP contribution in [0, 0.1) is 6.92 Å². The number of aryl methyl sites for hydroxylation is 1. The Labute approximate surface area is 91.9 Å². The quantitative estimate of drug-likeness (QED) is 0.842. The Morgan fingerprint density at radius 3 is 2.50 bits per heavy atom. The first kappa shape index (κ1) is 13.3. The third-order valence-corrected chi connectivity index (χ3v) is 2.29. The van der Waals surface area contributed by atoms with Crippen LogP contribution in [-0.4, -0.2) is 7.11 Å². The first-order valence-corrected chi connectivity index (χ1v) is 4.59. The molecule has 0 unspecified atom stereocenters. The van der Waals surface area contributed by atoms with E-state index in [2.05, 4.69) is 13.0 Å². The number of rotatable bonds is 3. The molecule has 0 fully saturated rings. The molecule has 0 aliphatic heterocycles. The average Bonchev–Trinajstić information content (AvgIpc) is 2.16. The summed E-state index contributed by atoms with van der Waals surface area (Å²) >= 11 is 0. The summed E-state index contributed by atoms with van der Waals surface area (Å²) in [4.78, 5) is 0. The molecular formula is C11H18ClNO. The Hall–Kier alpha value is -0.730. The normalized spacial score (nSPS) is 11.7. The number of hydrogen-bond donors (Lipinski definition) is 1. The maximum absolute atomic E-state index is 5.91. The molecule has 0 saturated carbocycles. The molecule has 0 heterocycles. The molecule has 1 aromatic carbocycles. The van der Waals surface area contributed by atoms with Gasteiger partial charge >= 0.3 is 0 Å². The smallest absolute Gasteiger partial charge is 0.121 e. The molecule has 0 spiro atoms. The van der Waals surface area contributed by atoms with Crippen molar-refractivity contribution >= 4 is 12.4 Å². The molecule has 1 atom stereocenters. The van der Waals surface area contributed by atoms with Gasteiger partial charge in [-0.15, -0.1) is 12.4 Å². The molecule has 0 aliphatic carbocycles. The van der Waals surface area contributed by atoms with Crippen LogP contribution in [0.1, 0.15) is 30.5 Å². The summed E-state index contributed by atoms with van der Waals surface area (Å²) in [6.45, 7) is 4.12. The highest BCUT2D eigenvalue weighted by atomic mass is 35.5. The minimum Gasteiger partial charge on any atom is -0.496 e. The standard InChI is InChI=1S/C11H17NO.ClH/c1-4-10(12)9-5-6-11(13-3)8(2)7-9;/h5-7,10H,4,12H2,1-3H3;1H/t10-;/m0./s1. The molecule has 3 heteroatoms. The van der Waals surface area contributed by atoms with Crippen molar-refractivity contribution in [3.63, 3.8) is 0 Å². The SMILES string of the molecule is CC[C@H](N)c1ccc(OC)c(C)c1.Cl. The summed E-state index contributed by atoms with van der Waals surface area (Å²) < 4.78 is 5.17. The fourth-order valence-corrected chi connectivity index (χ4v) is 1.37. The Balaban J connectivity index is 0.00000169. The lowest BCUT2D eigenvalue weighted by Gasteiger charge is -2.11. The fourth-order valence-electron chi connectivity index (χ4n) is 1.37. The molecule has 0 bridgehead atoms. The van der Waals surface area contributed by atoms with E-state index in [0.29, 0.717) is 0 Å². The van der Waals surface area contributed by atoms with Crippen LogP contribution < -0.4 is 10.5 Å². The largest absolute Gasteiger partial charge is 0.496 e. The first-order valence-electron chi connectivity index (χ1n) is 4.59. The van der Waals surface area contributed by atoms with Gasteiger partial charge in [0.15, 0.2) is 0 Å². The Morgan fingerprint density at radius 2 is 2.07 bits per heavy atom. The zero-order chi connectivity index (χ0) is 9.84. The second-order valence-corrected chi connectivity index (χ2v) is 3.24. The number of nitrogens with two attached hydrogens (primary N) is 1. The summed E-state index contributed by atoms with van der Waals surface area (Å²) in [5, 5.41) is 0. The van der Waals surface area contributed by atoms with Gasteiger partial charge in [-0.3, -0.25) is 0 Å². The highest BCUT2D eigenvalue weighted by Gasteiger charge is 2.05. The molecule has 0 radical (unpaired) electrons. The summed E-state index contributed by atoms with van der Waals surface area (Å²) in [6.07, 6.45) is 0.964. The van der Waals surface area contributed by atoms with Crippen molar-refractivity contribution in [2.45, 2.75) is 26.3 Å². The third kappa shape index (κ3) is 2.89. The van der Waals surface area contributed by atoms with Crippen LogP contribution in [0.2, 0.25) is 0 Å². The third-order valence-electron chi connectivity index (χ3n) is 2.29. The summed E-state index contributed by atoms with van der Waals surface area (Å²) in [5.74, 6) is 0.923. The van der Waals surface area contributed by atoms with Crippen LogP contribution in [0.15, 0.2) is 18.2 Å². The number of halogens is 1. The maximum atomic E-state index is 5.91. The monoisotopic (exact) mass is 215 g/mol. The van der Waals surface area contributed by atoms with Crippen molar-refractivity contribution in [2.24, 2.45) is 5.73 Å². The van der Waals surface area contributed by atoms with E-state index in [1.165, 1.54) is 5.56 Å². The first-order chi connectivity index (χ1) is 6.19. The number of hydrogen-bond acceptors (Lipinski definition) is 2. The van der Waals surface area contributed by atoms with Crippen molar-refractivity contribution in [1.29, 1.82) is 0 Å². The van der Waals surface area contributed by atoms with Crippen molar-refractivity contribution in [3.05, 3.63) is 29.3 Å². The zero-order valence-electron chi connectivity index (χ0n) is 8.91. The van der Waals surface area contributed by atoms with Gasteiger partial charge in [-0.25, -0.2) is 0 Å². The van der Waals surface area contributed by atoms with E-state index in [1.807, 2.05) is 19.1 Å². The number of methoxy groups -OCH3 is 1. The van der Waals surface area contributed by atoms with Crippen LogP contribution in [0.25, 0.3) is 0 Å². The summed E-state index contributed by atoms with van der Waals surface area (Å²) in [7, 11) is 1.68. The second kappa shape index (κ2) is 5.89. The lowest BCUT2D eigenvalue weighted by atomic mass is 10.0. The molecule has 14 heavy (non-hydrogen) atoms. The number of benzene rings is 1. The van der Waals surface area contributed by atoms with Crippen LogP contribution in [0.4, 0.5) is 0 Å². The molecule has 1 aromatic rings. The molecule has 0 aliphatic rings. The van der Waals surface area contributed by atoms with E-state index < -0.39 is 0 Å². The van der Waals surface area contributed by atoms with Gasteiger partial charge in [-0.05, 0) is 30.5 Å². The van der Waals surface area contributed by atoms with Gasteiger partial charge < -0.3 is 10.5 Å². The van der Waals surface area contributed by atoms with E-state index >= 15 is 0 Å². The topological polar surface area (TPSA) is 35.2 Å². The van der Waals surface area contributed by atoms with Crippen LogP contribution in [0.5, 0.6) is 5.75 Å². The van der Waals surface area contributed by atoms with Crippen molar-refractivity contribution in [1.82, 2.24) is 0 Å². The fraction of sp³-hybridized carbons (Fsp3) is 0.455. The lowest BCUT2D eigenvalue weighted by molar-refractivity contribution is 0.411. The van der Waals surface area contributed by atoms with Gasteiger partial charge in [-0.1, -0.05) is 19.1 Å². The molecular weight excluding hydrogens is 198 g/mol. The van der Waals surface area contributed by atoms with E-state index in [1.54, 1.807) is 7.11 Å². The van der Waals surface area contributed by atoms with E-state index in [9.17, 15) is 0 Å².